The highest BCUT2D eigenvalue weighted by Gasteiger charge is 2.79. The van der Waals surface area contributed by atoms with Crippen LogP contribution < -0.4 is 5.32 Å². The molecule has 5 N–H and O–H groups in total. The summed E-state index contributed by atoms with van der Waals surface area (Å²) in [5, 5.41) is 51.3. The Kier molecular flexibility index (Phi) is 20.8. The molecular formula is C78H95NO18. The van der Waals surface area contributed by atoms with E-state index in [-0.39, 0.29) is 40.4 Å². The Labute approximate surface area is 568 Å². The molecule has 0 amide bonds. The Balaban J connectivity index is 0.881. The number of aliphatic hydroxyl groups is 4. The number of fused-ring (bicyclic) bond motifs is 6. The predicted octanol–water partition coefficient (Wildman–Crippen LogP) is 10.6. The summed E-state index contributed by atoms with van der Waals surface area (Å²) < 4.78 is 44.2. The van der Waals surface area contributed by atoms with Gasteiger partial charge in [-0.05, 0) is 159 Å². The molecule has 1 saturated heterocycles. The van der Waals surface area contributed by atoms with Gasteiger partial charge in [-0.25, -0.2) is 9.59 Å². The molecule has 3 aromatic rings. The zero-order valence-electron chi connectivity index (χ0n) is 56.9. The minimum absolute atomic E-state index is 0.0204. The van der Waals surface area contributed by atoms with E-state index in [1.165, 1.54) is 31.6 Å². The lowest BCUT2D eigenvalue weighted by Gasteiger charge is -2.67. The van der Waals surface area contributed by atoms with Crippen LogP contribution in [0, 0.1) is 45.8 Å². The first-order chi connectivity index (χ1) is 46.1. The average Bonchev–Trinajstić information content (AvgIpc) is 0.923. The van der Waals surface area contributed by atoms with Gasteiger partial charge in [0, 0.05) is 32.1 Å². The van der Waals surface area contributed by atoms with E-state index < -0.39 is 157 Å². The first kappa shape index (κ1) is 70.9. The SMILES string of the molecule is C=C1/C(=C\C=C2/CCC[C@@]3(C)C2CCC3[C@@H](C)/C=C/C(OC(=O)CCC(=O)OC2CC3OCC3(OC(C)=O)C3C(OC(=O)c4ccccc4)C4(O)CC(OC(=O)C(O)C(NC(O)c5ccccc5)c5ccccc5)C(C)=C(C(OC(C)=O)C(=O)C23C)C4(C)C)C2CC2)CCC[C@@H]1O. The van der Waals surface area contributed by atoms with Gasteiger partial charge >= 0.3 is 35.8 Å². The van der Waals surface area contributed by atoms with Gasteiger partial charge in [-0.2, -0.15) is 0 Å². The van der Waals surface area contributed by atoms with E-state index in [0.29, 0.717) is 23.0 Å². The van der Waals surface area contributed by atoms with Crippen LogP contribution in [0.1, 0.15) is 179 Å². The third kappa shape index (κ3) is 13.8. The number of esters is 6. The van der Waals surface area contributed by atoms with Crippen molar-refractivity contribution in [1.82, 2.24) is 5.32 Å². The van der Waals surface area contributed by atoms with Gasteiger partial charge in [0.2, 0.25) is 0 Å². The average molecular weight is 1330 g/mol. The van der Waals surface area contributed by atoms with Crippen molar-refractivity contribution in [2.75, 3.05) is 6.61 Å². The van der Waals surface area contributed by atoms with Crippen molar-refractivity contribution in [1.29, 1.82) is 0 Å². The number of rotatable bonds is 21. The molecule has 0 aromatic heterocycles. The lowest BCUT2D eigenvalue weighted by atomic mass is 9.44. The van der Waals surface area contributed by atoms with Gasteiger partial charge < -0.3 is 53.6 Å². The second-order valence-electron chi connectivity index (χ2n) is 29.5. The van der Waals surface area contributed by atoms with Crippen LogP contribution in [0.5, 0.6) is 0 Å². The fraction of sp³-hybridized carbons (Fsp3) is 0.551. The van der Waals surface area contributed by atoms with Crippen LogP contribution >= 0.6 is 0 Å². The summed E-state index contributed by atoms with van der Waals surface area (Å²) in [6.45, 7) is 16.7. The first-order valence-electron chi connectivity index (χ1n) is 34.6. The Morgan fingerprint density at radius 1 is 0.773 bits per heavy atom. The van der Waals surface area contributed by atoms with Crippen LogP contribution in [0.15, 0.2) is 150 Å². The molecular weight excluding hydrogens is 1240 g/mol. The van der Waals surface area contributed by atoms with Crippen LogP contribution in [0.25, 0.3) is 0 Å². The molecule has 18 atom stereocenters. The van der Waals surface area contributed by atoms with Crippen molar-refractivity contribution in [3.63, 3.8) is 0 Å². The standard InChI is InChI=1S/C78H95NO18/c1-44(55-35-36-56-50(28-20-40-75(55,56)8)32-31-49-27-19-29-57(82)45(49)2)30-37-58(51-33-34-51)93-62(83)38-39-63(84)95-60-41-61-77(43-91-61,97-48(5)81)68-70(96-72(88)54-25-17-12-18-26-54)78(90)42-59(46(3)64(74(78,6)7)67(92-47(4)80)69(86)76(60,68)9)94-73(89)66(85)65(52-21-13-10-14-22-52)79-71(87)53-23-15-11-16-24-53/h10-18,21-26,30-32,37,44,51,55-61,65-68,70-71,79,82,85,87,90H,2,19-20,27-29,33-36,38-43H2,1,3-9H3/b37-30+,49-31-,50-32+/t44-,55?,56?,57-,58?,59?,60?,61?,65?,66?,67?,68?,70?,71?,75+,76?,77?,78?/m0/s1. The fourth-order valence-electron chi connectivity index (χ4n) is 17.8. The number of allylic oxidation sites excluding steroid dienone is 4. The highest BCUT2D eigenvalue weighted by Crippen LogP contribution is 2.66. The summed E-state index contributed by atoms with van der Waals surface area (Å²) in [6.07, 6.45) is 3.96. The highest BCUT2D eigenvalue weighted by molar-refractivity contribution is 5.96. The van der Waals surface area contributed by atoms with E-state index in [2.05, 4.69) is 44.0 Å². The smallest absolute Gasteiger partial charge is 0.338 e. The summed E-state index contributed by atoms with van der Waals surface area (Å²) in [4.78, 5) is 102. The highest BCUT2D eigenvalue weighted by atomic mass is 16.6. The number of Topliss-reactive ketones (excluding diaryl/α,β-unsaturated/α-hetero) is 1. The summed E-state index contributed by atoms with van der Waals surface area (Å²) >= 11 is 0. The molecule has 0 spiro atoms. The van der Waals surface area contributed by atoms with E-state index in [0.717, 1.165) is 89.2 Å². The van der Waals surface area contributed by atoms with Gasteiger partial charge in [-0.3, -0.25) is 29.3 Å². The predicted molar refractivity (Wildman–Crippen MR) is 356 cm³/mol. The van der Waals surface area contributed by atoms with E-state index in [1.807, 2.05) is 6.08 Å². The molecule has 8 aliphatic rings. The second kappa shape index (κ2) is 28.5. The number of ether oxygens (including phenoxy) is 7. The number of aliphatic hydroxyl groups excluding tert-OH is 3. The maximum absolute atomic E-state index is 16.6. The number of carbonyl (C=O) groups is 7. The molecule has 19 nitrogen and oxygen atoms in total. The van der Waals surface area contributed by atoms with E-state index in [9.17, 15) is 49.2 Å². The van der Waals surface area contributed by atoms with E-state index >= 15 is 4.79 Å². The Morgan fingerprint density at radius 3 is 2.07 bits per heavy atom. The maximum Gasteiger partial charge on any atom is 0.338 e. The molecule has 2 bridgehead atoms. The molecule has 6 saturated carbocycles. The van der Waals surface area contributed by atoms with Gasteiger partial charge in [-0.1, -0.05) is 137 Å². The molecule has 1 aliphatic heterocycles. The molecule has 520 valence electrons. The molecule has 15 unspecified atom stereocenters. The Bertz CT molecular complexity index is 3610. The molecule has 7 aliphatic carbocycles. The number of benzene rings is 3. The minimum Gasteiger partial charge on any atom is -0.461 e. The number of hydrogen-bond donors (Lipinski definition) is 5. The normalized spacial score (nSPS) is 33.7. The van der Waals surface area contributed by atoms with Crippen molar-refractivity contribution in [3.05, 3.63) is 166 Å². The summed E-state index contributed by atoms with van der Waals surface area (Å²) in [5.41, 5.74) is -4.05. The third-order valence-electron chi connectivity index (χ3n) is 23.3. The van der Waals surface area contributed by atoms with Crippen LogP contribution in [-0.2, 0) is 61.9 Å². The van der Waals surface area contributed by atoms with Crippen molar-refractivity contribution in [2.45, 2.75) is 218 Å². The number of nitrogens with one attached hydrogen (secondary N) is 1. The van der Waals surface area contributed by atoms with Crippen molar-refractivity contribution in [2.24, 2.45) is 45.8 Å². The van der Waals surface area contributed by atoms with Crippen molar-refractivity contribution < 1.29 is 87.1 Å². The zero-order chi connectivity index (χ0) is 69.5. The van der Waals surface area contributed by atoms with Gasteiger partial charge in [0.1, 0.15) is 42.3 Å². The van der Waals surface area contributed by atoms with Gasteiger partial charge in [0.05, 0.1) is 48.5 Å². The number of ketones is 1. The zero-order valence-corrected chi connectivity index (χ0v) is 56.9. The first-order valence-corrected chi connectivity index (χ1v) is 34.6. The van der Waals surface area contributed by atoms with Gasteiger partial charge in [0.25, 0.3) is 0 Å². The largest absolute Gasteiger partial charge is 0.461 e. The monoisotopic (exact) mass is 1330 g/mol. The van der Waals surface area contributed by atoms with Crippen LogP contribution in [0.2, 0.25) is 0 Å². The third-order valence-corrected chi connectivity index (χ3v) is 23.3. The summed E-state index contributed by atoms with van der Waals surface area (Å²) in [5.74, 6) is -7.07. The lowest BCUT2D eigenvalue weighted by Crippen LogP contribution is -2.82. The maximum atomic E-state index is 16.6. The minimum atomic E-state index is -2.52. The molecule has 11 rings (SSSR count). The quantitative estimate of drug-likeness (QED) is 0.0287. The van der Waals surface area contributed by atoms with Gasteiger partial charge in [-0.15, -0.1) is 0 Å². The molecule has 3 aromatic carbocycles. The summed E-state index contributed by atoms with van der Waals surface area (Å²) in [7, 11) is 0. The fourth-order valence-corrected chi connectivity index (χ4v) is 17.8. The van der Waals surface area contributed by atoms with E-state index in [4.69, 9.17) is 33.2 Å². The lowest BCUT2D eigenvalue weighted by molar-refractivity contribution is -0.346. The topological polar surface area (TPSA) is 277 Å². The second-order valence-corrected chi connectivity index (χ2v) is 29.5. The number of hydrogen-bond acceptors (Lipinski definition) is 19. The van der Waals surface area contributed by atoms with Crippen molar-refractivity contribution >= 4 is 41.6 Å². The Hall–Kier alpha value is -7.39. The van der Waals surface area contributed by atoms with Crippen LogP contribution in [0.4, 0.5) is 0 Å². The molecule has 19 heteroatoms. The van der Waals surface area contributed by atoms with Crippen LogP contribution in [-0.4, -0.2) is 129 Å². The van der Waals surface area contributed by atoms with Crippen LogP contribution in [0.3, 0.4) is 0 Å². The molecule has 7 fully saturated rings. The molecule has 0 radical (unpaired) electrons. The Morgan fingerprint density at radius 2 is 1.43 bits per heavy atom. The van der Waals surface area contributed by atoms with Crippen molar-refractivity contribution in [3.8, 4) is 0 Å². The van der Waals surface area contributed by atoms with E-state index in [1.54, 1.807) is 92.7 Å². The molecule has 97 heavy (non-hydrogen) atoms. The number of carbonyl (C=O) groups excluding carboxylic acids is 7. The van der Waals surface area contributed by atoms with Gasteiger partial charge in [0.15, 0.2) is 23.6 Å². The molecule has 1 heterocycles. The summed E-state index contributed by atoms with van der Waals surface area (Å²) in [6, 6.07) is 23.4.